The van der Waals surface area contributed by atoms with Gasteiger partial charge in [0.15, 0.2) is 5.65 Å². The molecule has 202 valence electrons. The summed E-state index contributed by atoms with van der Waals surface area (Å²) in [6.45, 7) is 0. The maximum Gasteiger partial charge on any atom is 0.221 e. The third kappa shape index (κ3) is 3.68. The third-order valence-electron chi connectivity index (χ3n) is 7.90. The lowest BCUT2D eigenvalue weighted by molar-refractivity contribution is 0.465. The maximum atomic E-state index is 6.51. The number of para-hydroxylation sites is 3. The molecular weight excluding hydrogens is 532 g/mol. The first kappa shape index (κ1) is 23.6. The Morgan fingerprint density at radius 3 is 2.28 bits per heavy atom. The lowest BCUT2D eigenvalue weighted by atomic mass is 10.0. The van der Waals surface area contributed by atoms with Crippen LogP contribution in [0.1, 0.15) is 0 Å². The fourth-order valence-electron chi connectivity index (χ4n) is 6.05. The summed E-state index contributed by atoms with van der Waals surface area (Å²) in [4.78, 5) is 19.3. The van der Waals surface area contributed by atoms with E-state index in [1.807, 2.05) is 91.1 Å². The third-order valence-corrected chi connectivity index (χ3v) is 7.90. The van der Waals surface area contributed by atoms with Crippen molar-refractivity contribution in [2.24, 2.45) is 0 Å². The van der Waals surface area contributed by atoms with Gasteiger partial charge in [0.2, 0.25) is 5.88 Å². The zero-order chi connectivity index (χ0) is 28.3. The van der Waals surface area contributed by atoms with E-state index in [2.05, 4.69) is 50.5 Å². The van der Waals surface area contributed by atoms with Crippen molar-refractivity contribution in [3.63, 3.8) is 0 Å². The summed E-state index contributed by atoms with van der Waals surface area (Å²) < 4.78 is 10.7. The Labute approximate surface area is 245 Å². The number of hydrogen-bond acceptors (Lipinski definition) is 5. The standard InChI is InChI=1S/C36H22N6O/c1-3-12-30-25(9-1)26-15-16-33(40-35(26)42(30)32-14-6-8-19-38-32)43-24-21-23-17-20-41-31-13-4-2-11-29(31)39-36(41)34(23)27(22-24)28-10-5-7-18-37-28/h1-22H. The summed E-state index contributed by atoms with van der Waals surface area (Å²) >= 11 is 0. The molecule has 0 N–H and O–H groups in total. The van der Waals surface area contributed by atoms with Crippen LogP contribution in [-0.2, 0) is 0 Å². The molecule has 0 aliphatic rings. The summed E-state index contributed by atoms with van der Waals surface area (Å²) in [6.07, 6.45) is 5.67. The number of imidazole rings is 1. The Kier molecular flexibility index (Phi) is 5.06. The van der Waals surface area contributed by atoms with Crippen LogP contribution in [0, 0.1) is 0 Å². The van der Waals surface area contributed by atoms with Crippen LogP contribution in [0.2, 0.25) is 0 Å². The summed E-state index contributed by atoms with van der Waals surface area (Å²) in [5.74, 6) is 1.96. The highest BCUT2D eigenvalue weighted by atomic mass is 16.5. The van der Waals surface area contributed by atoms with Gasteiger partial charge in [-0.2, -0.15) is 4.98 Å². The Bertz CT molecular complexity index is 2480. The zero-order valence-corrected chi connectivity index (χ0v) is 22.8. The van der Waals surface area contributed by atoms with Gasteiger partial charge in [-0.25, -0.2) is 9.97 Å². The van der Waals surface area contributed by atoms with Crippen molar-refractivity contribution in [3.8, 4) is 28.7 Å². The molecule has 0 amide bonds. The van der Waals surface area contributed by atoms with E-state index in [1.54, 1.807) is 6.20 Å². The molecule has 6 aromatic heterocycles. The van der Waals surface area contributed by atoms with E-state index in [9.17, 15) is 0 Å². The van der Waals surface area contributed by atoms with Gasteiger partial charge in [-0.3, -0.25) is 14.0 Å². The highest BCUT2D eigenvalue weighted by Gasteiger charge is 2.18. The fraction of sp³-hybridized carbons (Fsp3) is 0. The molecule has 0 aliphatic heterocycles. The number of aromatic nitrogens is 6. The number of hydrogen-bond donors (Lipinski definition) is 0. The smallest absolute Gasteiger partial charge is 0.221 e. The van der Waals surface area contributed by atoms with E-state index in [0.717, 1.165) is 66.5 Å². The Balaban J connectivity index is 1.24. The highest BCUT2D eigenvalue weighted by molar-refractivity contribution is 6.08. The van der Waals surface area contributed by atoms with E-state index in [-0.39, 0.29) is 0 Å². The van der Waals surface area contributed by atoms with Crippen molar-refractivity contribution in [2.75, 3.05) is 0 Å². The molecule has 9 aromatic rings. The van der Waals surface area contributed by atoms with Crippen molar-refractivity contribution in [3.05, 3.63) is 134 Å². The molecule has 0 saturated carbocycles. The summed E-state index contributed by atoms with van der Waals surface area (Å²) in [7, 11) is 0. The first-order chi connectivity index (χ1) is 21.3. The minimum atomic E-state index is 0.492. The number of pyridine rings is 4. The van der Waals surface area contributed by atoms with E-state index < -0.39 is 0 Å². The van der Waals surface area contributed by atoms with Crippen molar-refractivity contribution in [1.29, 1.82) is 0 Å². The Morgan fingerprint density at radius 2 is 1.42 bits per heavy atom. The molecule has 0 atom stereocenters. The largest absolute Gasteiger partial charge is 0.439 e. The fourth-order valence-corrected chi connectivity index (χ4v) is 6.05. The molecular formula is C36H22N6O. The SMILES string of the molecule is c1ccc(-c2cc(Oc3ccc4c5ccccc5n(-c5ccccn5)c4n3)cc3ccn4c5ccccc5nc4c23)nc1. The van der Waals surface area contributed by atoms with Gasteiger partial charge in [0.25, 0.3) is 0 Å². The van der Waals surface area contributed by atoms with E-state index >= 15 is 0 Å². The average molecular weight is 555 g/mol. The van der Waals surface area contributed by atoms with Gasteiger partial charge >= 0.3 is 0 Å². The maximum absolute atomic E-state index is 6.51. The molecule has 43 heavy (non-hydrogen) atoms. The Morgan fingerprint density at radius 1 is 0.605 bits per heavy atom. The van der Waals surface area contributed by atoms with Crippen molar-refractivity contribution >= 4 is 49.4 Å². The summed E-state index contributed by atoms with van der Waals surface area (Å²) in [5.41, 5.74) is 6.50. The van der Waals surface area contributed by atoms with Crippen LogP contribution in [-0.4, -0.2) is 28.9 Å². The minimum absolute atomic E-state index is 0.492. The van der Waals surface area contributed by atoms with Gasteiger partial charge in [-0.05, 0) is 72.1 Å². The molecule has 0 radical (unpaired) electrons. The Hall–Kier alpha value is -6.08. The first-order valence-corrected chi connectivity index (χ1v) is 14.1. The number of fused-ring (bicyclic) bond motifs is 8. The van der Waals surface area contributed by atoms with Crippen molar-refractivity contribution in [2.45, 2.75) is 0 Å². The predicted octanol–water partition coefficient (Wildman–Crippen LogP) is 8.38. The highest BCUT2D eigenvalue weighted by Crippen LogP contribution is 2.38. The molecule has 0 fully saturated rings. The number of rotatable bonds is 4. The molecule has 3 aromatic carbocycles. The summed E-state index contributed by atoms with van der Waals surface area (Å²) in [6, 6.07) is 38.5. The number of ether oxygens (including phenoxy) is 1. The molecule has 0 bridgehead atoms. The van der Waals surface area contributed by atoms with Crippen LogP contribution >= 0.6 is 0 Å². The van der Waals surface area contributed by atoms with Gasteiger partial charge in [-0.1, -0.05) is 42.5 Å². The monoisotopic (exact) mass is 554 g/mol. The van der Waals surface area contributed by atoms with Gasteiger partial charge in [-0.15, -0.1) is 0 Å². The number of nitrogens with zero attached hydrogens (tertiary/aromatic N) is 6. The molecule has 7 nitrogen and oxygen atoms in total. The lowest BCUT2D eigenvalue weighted by Crippen LogP contribution is -1.99. The van der Waals surface area contributed by atoms with E-state index in [0.29, 0.717) is 11.6 Å². The van der Waals surface area contributed by atoms with Crippen LogP contribution < -0.4 is 4.74 Å². The van der Waals surface area contributed by atoms with Crippen LogP contribution in [0.5, 0.6) is 11.6 Å². The molecule has 0 spiro atoms. The number of benzene rings is 3. The van der Waals surface area contributed by atoms with Crippen LogP contribution in [0.3, 0.4) is 0 Å². The van der Waals surface area contributed by atoms with Crippen LogP contribution in [0.4, 0.5) is 0 Å². The average Bonchev–Trinajstić information content (AvgIpc) is 3.61. The van der Waals surface area contributed by atoms with E-state index in [1.165, 1.54) is 0 Å². The topological polar surface area (TPSA) is 70.1 Å². The second-order valence-corrected chi connectivity index (χ2v) is 10.4. The molecule has 0 saturated heterocycles. The molecule has 7 heteroatoms. The van der Waals surface area contributed by atoms with Crippen LogP contribution in [0.25, 0.3) is 66.5 Å². The molecule has 6 heterocycles. The van der Waals surface area contributed by atoms with Gasteiger partial charge in [0.05, 0.1) is 22.2 Å². The van der Waals surface area contributed by atoms with E-state index in [4.69, 9.17) is 19.7 Å². The van der Waals surface area contributed by atoms with Crippen LogP contribution in [0.15, 0.2) is 134 Å². The molecule has 0 aliphatic carbocycles. The molecule has 9 rings (SSSR count). The second kappa shape index (κ2) is 9.22. The minimum Gasteiger partial charge on any atom is -0.439 e. The molecule has 0 unspecified atom stereocenters. The lowest BCUT2D eigenvalue weighted by Gasteiger charge is -2.12. The van der Waals surface area contributed by atoms with Crippen molar-refractivity contribution in [1.82, 2.24) is 28.9 Å². The predicted molar refractivity (Wildman–Crippen MR) is 170 cm³/mol. The van der Waals surface area contributed by atoms with Gasteiger partial charge in [0, 0.05) is 46.4 Å². The van der Waals surface area contributed by atoms with Crippen molar-refractivity contribution < 1.29 is 4.74 Å². The normalized spacial score (nSPS) is 11.7. The second-order valence-electron chi connectivity index (χ2n) is 10.4. The first-order valence-electron chi connectivity index (χ1n) is 14.1. The zero-order valence-electron chi connectivity index (χ0n) is 22.8. The van der Waals surface area contributed by atoms with Gasteiger partial charge < -0.3 is 4.74 Å². The van der Waals surface area contributed by atoms with Gasteiger partial charge in [0.1, 0.15) is 17.2 Å². The quantitative estimate of drug-likeness (QED) is 0.219. The summed E-state index contributed by atoms with van der Waals surface area (Å²) in [5, 5.41) is 4.17.